The second kappa shape index (κ2) is 7.45. The largest absolute Gasteiger partial charge is 0.508 e. The fourth-order valence-corrected chi connectivity index (χ4v) is 3.39. The van der Waals surface area contributed by atoms with E-state index in [1.165, 1.54) is 17.0 Å². The Kier molecular flexibility index (Phi) is 5.24. The van der Waals surface area contributed by atoms with Crippen LogP contribution in [0.3, 0.4) is 0 Å². The summed E-state index contributed by atoms with van der Waals surface area (Å²) in [5, 5.41) is 21.2. The molecule has 0 saturated carbocycles. The summed E-state index contributed by atoms with van der Waals surface area (Å²) in [5.41, 5.74) is 0.964. The monoisotopic (exact) mass is 385 g/mol. The number of amides is 1. The third-order valence-electron chi connectivity index (χ3n) is 4.41. The third-order valence-corrected chi connectivity index (χ3v) is 4.66. The molecule has 2 aromatic rings. The number of ketones is 1. The number of aromatic hydroxyl groups is 1. The third kappa shape index (κ3) is 3.69. The molecule has 6 heteroatoms. The van der Waals surface area contributed by atoms with Crippen molar-refractivity contribution >= 4 is 29.1 Å². The topological polar surface area (TPSA) is 77.8 Å². The van der Waals surface area contributed by atoms with Crippen molar-refractivity contribution in [3.8, 4) is 5.75 Å². The van der Waals surface area contributed by atoms with Gasteiger partial charge in [0, 0.05) is 17.1 Å². The van der Waals surface area contributed by atoms with E-state index < -0.39 is 17.7 Å². The van der Waals surface area contributed by atoms with Gasteiger partial charge in [-0.05, 0) is 47.9 Å². The van der Waals surface area contributed by atoms with Crippen molar-refractivity contribution in [3.63, 3.8) is 0 Å². The van der Waals surface area contributed by atoms with Gasteiger partial charge in [0.2, 0.25) is 0 Å². The van der Waals surface area contributed by atoms with Crippen LogP contribution in [-0.2, 0) is 9.59 Å². The molecule has 1 aliphatic heterocycles. The molecule has 1 saturated heterocycles. The summed E-state index contributed by atoms with van der Waals surface area (Å²) in [6.45, 7) is 4.23. The second-order valence-corrected chi connectivity index (χ2v) is 7.38. The average Bonchev–Trinajstić information content (AvgIpc) is 2.86. The van der Waals surface area contributed by atoms with Gasteiger partial charge < -0.3 is 15.1 Å². The SMILES string of the molecule is CC(C)CN1C(=O)C(=O)C(=C(O)c2ccc(Cl)cc2)C1c1cccc(O)c1. The zero-order valence-electron chi connectivity index (χ0n) is 15.0. The maximum atomic E-state index is 12.7. The van der Waals surface area contributed by atoms with Crippen LogP contribution in [0, 0.1) is 5.92 Å². The number of hydrogen-bond donors (Lipinski definition) is 2. The van der Waals surface area contributed by atoms with E-state index in [-0.39, 0.29) is 23.0 Å². The fraction of sp³-hybridized carbons (Fsp3) is 0.238. The molecule has 140 valence electrons. The first-order chi connectivity index (χ1) is 12.8. The molecule has 1 heterocycles. The van der Waals surface area contributed by atoms with Gasteiger partial charge in [-0.15, -0.1) is 0 Å². The average molecular weight is 386 g/mol. The van der Waals surface area contributed by atoms with Crippen LogP contribution in [0.15, 0.2) is 54.1 Å². The summed E-state index contributed by atoms with van der Waals surface area (Å²) in [6, 6.07) is 12.0. The van der Waals surface area contributed by atoms with E-state index in [1.807, 2.05) is 13.8 Å². The van der Waals surface area contributed by atoms with Gasteiger partial charge in [-0.3, -0.25) is 9.59 Å². The van der Waals surface area contributed by atoms with Crippen molar-refractivity contribution in [1.82, 2.24) is 4.90 Å². The predicted octanol–water partition coefficient (Wildman–Crippen LogP) is 4.12. The first-order valence-corrected chi connectivity index (χ1v) is 9.00. The molecule has 0 aromatic heterocycles. The number of likely N-dealkylation sites (tertiary alicyclic amines) is 1. The lowest BCUT2D eigenvalue weighted by Crippen LogP contribution is -2.33. The van der Waals surface area contributed by atoms with Gasteiger partial charge in [-0.1, -0.05) is 37.6 Å². The standard InChI is InChI=1S/C21H20ClNO4/c1-12(2)11-23-18(14-4-3-5-16(24)10-14)17(20(26)21(23)27)19(25)13-6-8-15(22)9-7-13/h3-10,12,18,24-25H,11H2,1-2H3. The molecule has 2 N–H and O–H groups in total. The molecular formula is C21H20ClNO4. The predicted molar refractivity (Wildman–Crippen MR) is 103 cm³/mol. The number of aliphatic hydroxyl groups excluding tert-OH is 1. The molecule has 1 unspecified atom stereocenters. The molecule has 1 atom stereocenters. The van der Waals surface area contributed by atoms with Crippen molar-refractivity contribution < 1.29 is 19.8 Å². The van der Waals surface area contributed by atoms with E-state index in [0.29, 0.717) is 22.7 Å². The highest BCUT2D eigenvalue weighted by Crippen LogP contribution is 2.40. The van der Waals surface area contributed by atoms with E-state index in [4.69, 9.17) is 11.6 Å². The molecule has 0 spiro atoms. The lowest BCUT2D eigenvalue weighted by Gasteiger charge is -2.27. The van der Waals surface area contributed by atoms with Gasteiger partial charge in [0.25, 0.3) is 11.7 Å². The summed E-state index contributed by atoms with van der Waals surface area (Å²) in [4.78, 5) is 26.9. The van der Waals surface area contributed by atoms with Crippen molar-refractivity contribution in [3.05, 3.63) is 70.3 Å². The Hall–Kier alpha value is -2.79. The summed E-state index contributed by atoms with van der Waals surface area (Å²) in [5.74, 6) is -1.51. The van der Waals surface area contributed by atoms with Crippen LogP contribution < -0.4 is 0 Å². The highest BCUT2D eigenvalue weighted by Gasteiger charge is 2.46. The Labute approximate surface area is 162 Å². The summed E-state index contributed by atoms with van der Waals surface area (Å²) < 4.78 is 0. The van der Waals surface area contributed by atoms with Gasteiger partial charge >= 0.3 is 0 Å². The minimum atomic E-state index is -0.768. The van der Waals surface area contributed by atoms with E-state index in [2.05, 4.69) is 0 Å². The Morgan fingerprint density at radius 3 is 2.41 bits per heavy atom. The van der Waals surface area contributed by atoms with Crippen LogP contribution in [0.1, 0.15) is 31.0 Å². The summed E-state index contributed by atoms with van der Waals surface area (Å²) in [6.07, 6.45) is 0. The highest BCUT2D eigenvalue weighted by atomic mass is 35.5. The first-order valence-electron chi connectivity index (χ1n) is 8.63. The second-order valence-electron chi connectivity index (χ2n) is 6.95. The molecule has 0 aliphatic carbocycles. The number of hydrogen-bond acceptors (Lipinski definition) is 4. The number of carbonyl (C=O) groups excluding carboxylic acids is 2. The van der Waals surface area contributed by atoms with E-state index in [9.17, 15) is 19.8 Å². The number of aliphatic hydroxyl groups is 1. The molecule has 1 fully saturated rings. The van der Waals surface area contributed by atoms with Gasteiger partial charge in [0.1, 0.15) is 11.5 Å². The number of nitrogens with zero attached hydrogens (tertiary/aromatic N) is 1. The highest BCUT2D eigenvalue weighted by molar-refractivity contribution is 6.46. The zero-order chi connectivity index (χ0) is 19.7. The zero-order valence-corrected chi connectivity index (χ0v) is 15.8. The minimum absolute atomic E-state index is 0.00794. The van der Waals surface area contributed by atoms with Gasteiger partial charge in [0.05, 0.1) is 11.6 Å². The van der Waals surface area contributed by atoms with Crippen LogP contribution in [0.4, 0.5) is 0 Å². The Morgan fingerprint density at radius 1 is 1.15 bits per heavy atom. The van der Waals surface area contributed by atoms with Crippen molar-refractivity contribution in [2.75, 3.05) is 6.54 Å². The maximum Gasteiger partial charge on any atom is 0.295 e. The lowest BCUT2D eigenvalue weighted by molar-refractivity contribution is -0.140. The van der Waals surface area contributed by atoms with Crippen LogP contribution in [0.5, 0.6) is 5.75 Å². The van der Waals surface area contributed by atoms with Gasteiger partial charge in [-0.25, -0.2) is 0 Å². The maximum absolute atomic E-state index is 12.7. The molecule has 5 nitrogen and oxygen atoms in total. The minimum Gasteiger partial charge on any atom is -0.508 e. The molecule has 1 amide bonds. The van der Waals surface area contributed by atoms with E-state index in [0.717, 1.165) is 0 Å². The van der Waals surface area contributed by atoms with Crippen LogP contribution in [-0.4, -0.2) is 33.3 Å². The number of phenols is 1. The molecular weight excluding hydrogens is 366 g/mol. The quantitative estimate of drug-likeness (QED) is 0.471. The summed E-state index contributed by atoms with van der Waals surface area (Å²) in [7, 11) is 0. The number of benzene rings is 2. The molecule has 27 heavy (non-hydrogen) atoms. The van der Waals surface area contributed by atoms with Crippen LogP contribution in [0.2, 0.25) is 5.02 Å². The van der Waals surface area contributed by atoms with Gasteiger partial charge in [-0.2, -0.15) is 0 Å². The van der Waals surface area contributed by atoms with E-state index in [1.54, 1.807) is 36.4 Å². The molecule has 0 bridgehead atoms. The number of Topliss-reactive ketones (excluding diaryl/α,β-unsaturated/α-hetero) is 1. The number of halogens is 1. The summed E-state index contributed by atoms with van der Waals surface area (Å²) >= 11 is 5.90. The van der Waals surface area contributed by atoms with E-state index >= 15 is 0 Å². The van der Waals surface area contributed by atoms with Crippen molar-refractivity contribution in [2.45, 2.75) is 19.9 Å². The van der Waals surface area contributed by atoms with Crippen LogP contribution >= 0.6 is 11.6 Å². The smallest absolute Gasteiger partial charge is 0.295 e. The molecule has 2 aromatic carbocycles. The van der Waals surface area contributed by atoms with Crippen molar-refractivity contribution in [2.24, 2.45) is 5.92 Å². The molecule has 3 rings (SSSR count). The molecule has 1 aliphatic rings. The Balaban J connectivity index is 2.19. The molecule has 0 radical (unpaired) electrons. The number of phenolic OH excluding ortho intramolecular Hbond substituents is 1. The number of carbonyl (C=O) groups is 2. The normalized spacial score (nSPS) is 19.1. The Bertz CT molecular complexity index is 918. The lowest BCUT2D eigenvalue weighted by atomic mass is 9.95. The fourth-order valence-electron chi connectivity index (χ4n) is 3.27. The van der Waals surface area contributed by atoms with Gasteiger partial charge in [0.15, 0.2) is 0 Å². The first kappa shape index (κ1) is 19.0. The van der Waals surface area contributed by atoms with Crippen molar-refractivity contribution in [1.29, 1.82) is 0 Å². The number of rotatable bonds is 4. The Morgan fingerprint density at radius 2 is 1.81 bits per heavy atom. The van der Waals surface area contributed by atoms with Crippen LogP contribution in [0.25, 0.3) is 5.76 Å².